The Balaban J connectivity index is 1.64. The Morgan fingerprint density at radius 3 is 2.58 bits per heavy atom. The average Bonchev–Trinajstić information content (AvgIpc) is 3.20. The zero-order chi connectivity index (χ0) is 27.7. The lowest BCUT2D eigenvalue weighted by molar-refractivity contribution is 0.0570. The SMILES string of the molecule is COC(=O)c1ccc(Nc2nccc(-c3cnc4c(c3)C(C)(CO)CN4C(=O)OC(C)(C)C)n2)c(OC)c1. The van der Waals surface area contributed by atoms with E-state index in [0.717, 1.165) is 5.56 Å². The molecule has 4 rings (SSSR count). The van der Waals surface area contributed by atoms with Crippen molar-refractivity contribution in [3.8, 4) is 17.0 Å². The van der Waals surface area contributed by atoms with Crippen molar-refractivity contribution in [2.45, 2.75) is 38.7 Å². The third-order valence-electron chi connectivity index (χ3n) is 6.06. The van der Waals surface area contributed by atoms with Crippen molar-refractivity contribution >= 4 is 29.5 Å². The molecular formula is C27H31N5O6. The number of aliphatic hydroxyl groups is 1. The smallest absolute Gasteiger partial charge is 0.416 e. The number of nitrogens with one attached hydrogen (secondary N) is 1. The summed E-state index contributed by atoms with van der Waals surface area (Å²) in [7, 11) is 2.81. The molecule has 0 radical (unpaired) electrons. The Hall–Kier alpha value is -4.25. The van der Waals surface area contributed by atoms with E-state index in [4.69, 9.17) is 14.2 Å². The third kappa shape index (κ3) is 5.37. The summed E-state index contributed by atoms with van der Waals surface area (Å²) in [5.41, 5.74) is 1.51. The van der Waals surface area contributed by atoms with E-state index < -0.39 is 23.1 Å². The van der Waals surface area contributed by atoms with E-state index >= 15 is 0 Å². The number of carbonyl (C=O) groups is 2. The number of aliphatic hydroxyl groups excluding tert-OH is 1. The first-order chi connectivity index (χ1) is 18.0. The number of nitrogens with zero attached hydrogens (tertiary/aromatic N) is 4. The molecule has 11 heteroatoms. The summed E-state index contributed by atoms with van der Waals surface area (Å²) in [6.45, 7) is 7.33. The molecule has 1 unspecified atom stereocenters. The van der Waals surface area contributed by atoms with Gasteiger partial charge in [0.2, 0.25) is 5.95 Å². The number of ether oxygens (including phenoxy) is 3. The van der Waals surface area contributed by atoms with Crippen LogP contribution in [0, 0.1) is 0 Å². The zero-order valence-corrected chi connectivity index (χ0v) is 22.2. The molecule has 0 saturated heterocycles. The van der Waals surface area contributed by atoms with Crippen molar-refractivity contribution in [3.05, 3.63) is 53.9 Å². The number of benzene rings is 1. The number of hydrogen-bond acceptors (Lipinski definition) is 10. The maximum absolute atomic E-state index is 12.8. The highest BCUT2D eigenvalue weighted by atomic mass is 16.6. The van der Waals surface area contributed by atoms with Crippen molar-refractivity contribution in [1.82, 2.24) is 15.0 Å². The Kier molecular flexibility index (Phi) is 7.23. The minimum atomic E-state index is -0.724. The van der Waals surface area contributed by atoms with Crippen LogP contribution in [0.4, 0.5) is 22.2 Å². The molecule has 1 amide bonds. The Morgan fingerprint density at radius 1 is 1.16 bits per heavy atom. The minimum Gasteiger partial charge on any atom is -0.495 e. The van der Waals surface area contributed by atoms with Crippen molar-refractivity contribution in [3.63, 3.8) is 0 Å². The monoisotopic (exact) mass is 521 g/mol. The lowest BCUT2D eigenvalue weighted by Crippen LogP contribution is -2.40. The van der Waals surface area contributed by atoms with Crippen LogP contribution < -0.4 is 15.0 Å². The molecule has 0 saturated carbocycles. The average molecular weight is 522 g/mol. The molecule has 1 atom stereocenters. The highest BCUT2D eigenvalue weighted by Crippen LogP contribution is 2.41. The molecule has 38 heavy (non-hydrogen) atoms. The molecule has 0 bridgehead atoms. The first-order valence-electron chi connectivity index (χ1n) is 12.0. The van der Waals surface area contributed by atoms with Crippen molar-refractivity contribution in [2.75, 3.05) is 37.6 Å². The molecule has 0 fully saturated rings. The predicted molar refractivity (Wildman–Crippen MR) is 141 cm³/mol. The van der Waals surface area contributed by atoms with Gasteiger partial charge in [-0.05, 0) is 51.1 Å². The van der Waals surface area contributed by atoms with Gasteiger partial charge in [-0.25, -0.2) is 24.5 Å². The number of amides is 1. The van der Waals surface area contributed by atoms with Crippen LogP contribution in [-0.2, 0) is 14.9 Å². The van der Waals surface area contributed by atoms with Gasteiger partial charge in [0.25, 0.3) is 0 Å². The summed E-state index contributed by atoms with van der Waals surface area (Å²) in [6.07, 6.45) is 2.71. The molecular weight excluding hydrogens is 490 g/mol. The first kappa shape index (κ1) is 26.8. The molecule has 3 heterocycles. The predicted octanol–water partition coefficient (Wildman–Crippen LogP) is 4.08. The number of pyridine rings is 1. The second-order valence-corrected chi connectivity index (χ2v) is 10.2. The third-order valence-corrected chi connectivity index (χ3v) is 6.06. The summed E-state index contributed by atoms with van der Waals surface area (Å²) in [5, 5.41) is 13.3. The van der Waals surface area contributed by atoms with E-state index in [1.165, 1.54) is 19.1 Å². The lowest BCUT2D eigenvalue weighted by atomic mass is 9.85. The second-order valence-electron chi connectivity index (χ2n) is 10.2. The van der Waals surface area contributed by atoms with Crippen molar-refractivity contribution in [1.29, 1.82) is 0 Å². The maximum Gasteiger partial charge on any atom is 0.416 e. The molecule has 1 aliphatic rings. The number of fused-ring (bicyclic) bond motifs is 1. The molecule has 200 valence electrons. The highest BCUT2D eigenvalue weighted by Gasteiger charge is 2.43. The van der Waals surface area contributed by atoms with Crippen molar-refractivity contribution < 1.29 is 28.9 Å². The zero-order valence-electron chi connectivity index (χ0n) is 22.2. The summed E-state index contributed by atoms with van der Waals surface area (Å²) in [4.78, 5) is 39.6. The quantitative estimate of drug-likeness (QED) is 0.457. The number of esters is 1. The Morgan fingerprint density at radius 2 is 1.92 bits per heavy atom. The molecule has 2 aromatic heterocycles. The van der Waals surface area contributed by atoms with E-state index in [9.17, 15) is 14.7 Å². The van der Waals surface area contributed by atoms with Gasteiger partial charge < -0.3 is 24.6 Å². The molecule has 0 spiro atoms. The van der Waals surface area contributed by atoms with Crippen molar-refractivity contribution in [2.24, 2.45) is 0 Å². The van der Waals surface area contributed by atoms with Gasteiger partial charge in [-0.3, -0.25) is 4.90 Å². The van der Waals surface area contributed by atoms with Gasteiger partial charge in [-0.2, -0.15) is 0 Å². The van der Waals surface area contributed by atoms with Gasteiger partial charge in [0.05, 0.1) is 37.8 Å². The second kappa shape index (κ2) is 10.3. The van der Waals surface area contributed by atoms with E-state index in [1.54, 1.807) is 57.4 Å². The van der Waals surface area contributed by atoms with Crippen LogP contribution in [0.1, 0.15) is 43.6 Å². The van der Waals surface area contributed by atoms with Gasteiger partial charge in [0.15, 0.2) is 0 Å². The first-order valence-corrected chi connectivity index (χ1v) is 12.0. The number of rotatable bonds is 6. The molecule has 2 N–H and O–H groups in total. The van der Waals surface area contributed by atoms with E-state index in [0.29, 0.717) is 40.0 Å². The summed E-state index contributed by atoms with van der Waals surface area (Å²) in [5.74, 6) is 0.689. The molecule has 0 aliphatic carbocycles. The number of hydrogen-bond donors (Lipinski definition) is 2. The fourth-order valence-electron chi connectivity index (χ4n) is 4.11. The van der Waals surface area contributed by atoms with E-state index in [2.05, 4.69) is 20.3 Å². The van der Waals surface area contributed by atoms with Gasteiger partial charge in [-0.15, -0.1) is 0 Å². The number of carbonyl (C=O) groups excluding carboxylic acids is 2. The van der Waals surface area contributed by atoms with Crippen LogP contribution in [-0.4, -0.2) is 65.1 Å². The Labute approximate surface area is 220 Å². The molecule has 1 aromatic carbocycles. The molecule has 11 nitrogen and oxygen atoms in total. The van der Waals surface area contributed by atoms with Crippen LogP contribution in [0.3, 0.4) is 0 Å². The van der Waals surface area contributed by atoms with E-state index in [1.807, 2.05) is 13.0 Å². The van der Waals surface area contributed by atoms with E-state index in [-0.39, 0.29) is 13.2 Å². The number of methoxy groups -OCH3 is 2. The fourth-order valence-corrected chi connectivity index (χ4v) is 4.11. The maximum atomic E-state index is 12.8. The number of aromatic nitrogens is 3. The molecule has 1 aliphatic heterocycles. The van der Waals surface area contributed by atoms with Crippen LogP contribution in [0.5, 0.6) is 5.75 Å². The fraction of sp³-hybridized carbons (Fsp3) is 0.370. The topological polar surface area (TPSA) is 136 Å². The highest BCUT2D eigenvalue weighted by molar-refractivity contribution is 5.91. The van der Waals surface area contributed by atoms with Gasteiger partial charge in [0, 0.05) is 35.5 Å². The van der Waals surface area contributed by atoms with Gasteiger partial charge in [0.1, 0.15) is 17.2 Å². The largest absolute Gasteiger partial charge is 0.495 e. The minimum absolute atomic E-state index is 0.178. The van der Waals surface area contributed by atoms with Gasteiger partial charge in [-0.1, -0.05) is 6.92 Å². The molecule has 3 aromatic rings. The number of anilines is 3. The summed E-state index contributed by atoms with van der Waals surface area (Å²) in [6, 6.07) is 8.46. The van der Waals surface area contributed by atoms with Crippen LogP contribution >= 0.6 is 0 Å². The van der Waals surface area contributed by atoms with Crippen LogP contribution in [0.15, 0.2) is 42.7 Å². The van der Waals surface area contributed by atoms with Gasteiger partial charge >= 0.3 is 12.1 Å². The lowest BCUT2D eigenvalue weighted by Gasteiger charge is -2.26. The van der Waals surface area contributed by atoms with Crippen LogP contribution in [0.25, 0.3) is 11.3 Å². The summed E-state index contributed by atoms with van der Waals surface area (Å²) < 4.78 is 15.7. The van der Waals surface area contributed by atoms with Crippen LogP contribution in [0.2, 0.25) is 0 Å². The normalized spacial score (nSPS) is 16.6. The standard InChI is InChI=1S/C27H31N5O6/c1-26(2,3)38-25(35)32-14-27(4,15-33)18-11-17(13-29-22(18)32)19-9-10-28-24(30-19)31-20-8-7-16(23(34)37-6)12-21(20)36-5/h7-13,33H,14-15H2,1-6H3,(H,28,30,31). The summed E-state index contributed by atoms with van der Waals surface area (Å²) >= 11 is 0. The Bertz CT molecular complexity index is 1370.